The number of thioether (sulfide) groups is 1. The number of H-pyrrole nitrogens is 1. The van der Waals surface area contributed by atoms with Crippen LogP contribution in [0.5, 0.6) is 0 Å². The van der Waals surface area contributed by atoms with Gasteiger partial charge in [0.05, 0.1) is 11.1 Å². The molecule has 176 valence electrons. The van der Waals surface area contributed by atoms with E-state index in [1.807, 2.05) is 14.1 Å². The molecule has 1 aromatic carbocycles. The van der Waals surface area contributed by atoms with Gasteiger partial charge in [0.2, 0.25) is 5.91 Å². The second-order valence-electron chi connectivity index (χ2n) is 8.72. The monoisotopic (exact) mass is 484 g/mol. The summed E-state index contributed by atoms with van der Waals surface area (Å²) in [4.78, 5) is 36.7. The van der Waals surface area contributed by atoms with Gasteiger partial charge in [-0.15, -0.1) is 11.3 Å². The number of aromatic nitrogens is 2. The van der Waals surface area contributed by atoms with Gasteiger partial charge in [-0.25, -0.2) is 4.98 Å². The molecule has 1 aliphatic rings. The number of amides is 1. The Morgan fingerprint density at radius 2 is 2.00 bits per heavy atom. The Kier molecular flexibility index (Phi) is 8.09. The maximum atomic E-state index is 12.6. The van der Waals surface area contributed by atoms with E-state index >= 15 is 0 Å². The Labute approximate surface area is 203 Å². The van der Waals surface area contributed by atoms with Crippen molar-refractivity contribution >= 4 is 44.9 Å². The molecule has 33 heavy (non-hydrogen) atoms. The number of hydrogen-bond acceptors (Lipinski definition) is 6. The Morgan fingerprint density at radius 1 is 1.21 bits per heavy atom. The number of carbonyl (C=O) groups is 1. The zero-order valence-corrected chi connectivity index (χ0v) is 21.0. The van der Waals surface area contributed by atoms with Crippen LogP contribution in [0.4, 0.5) is 5.69 Å². The number of carbonyl (C=O) groups excluding carboxylic acids is 1. The zero-order valence-electron chi connectivity index (χ0n) is 19.4. The van der Waals surface area contributed by atoms with Crippen LogP contribution in [0.15, 0.2) is 29.1 Å². The summed E-state index contributed by atoms with van der Waals surface area (Å²) in [5, 5.41) is 3.81. The van der Waals surface area contributed by atoms with Crippen molar-refractivity contribution in [3.8, 4) is 0 Å². The molecule has 0 unspecified atom stereocenters. The smallest absolute Gasteiger partial charge is 0.259 e. The summed E-state index contributed by atoms with van der Waals surface area (Å²) in [5.74, 6) is 2.11. The van der Waals surface area contributed by atoms with Gasteiger partial charge in [-0.3, -0.25) is 9.59 Å². The quantitative estimate of drug-likeness (QED) is 0.420. The standard InChI is InChI=1S/C25H32N4O2S2/c1-29(2)18-11-9-17(10-12-18)6-5-14-26-22(30)13-15-32-16-21-27-24(31)23-19-7-3-4-8-20(19)33-25(23)28-21/h9-12H,3-8,13-16H2,1-2H3,(H,26,30)(H,27,28,31). The average Bonchev–Trinajstić information content (AvgIpc) is 3.19. The zero-order chi connectivity index (χ0) is 23.2. The lowest BCUT2D eigenvalue weighted by atomic mass is 9.97. The maximum absolute atomic E-state index is 12.6. The van der Waals surface area contributed by atoms with Crippen LogP contribution >= 0.6 is 23.1 Å². The van der Waals surface area contributed by atoms with Crippen molar-refractivity contribution in [1.82, 2.24) is 15.3 Å². The molecule has 6 nitrogen and oxygen atoms in total. The molecule has 0 saturated carbocycles. The molecule has 0 fully saturated rings. The fourth-order valence-electron chi connectivity index (χ4n) is 4.18. The van der Waals surface area contributed by atoms with Crippen molar-refractivity contribution < 1.29 is 4.79 Å². The minimum absolute atomic E-state index is 0.0101. The maximum Gasteiger partial charge on any atom is 0.259 e. The van der Waals surface area contributed by atoms with Crippen LogP contribution in [0.2, 0.25) is 0 Å². The van der Waals surface area contributed by atoms with E-state index < -0.39 is 0 Å². The molecule has 1 aliphatic carbocycles. The first-order valence-corrected chi connectivity index (χ1v) is 13.6. The second-order valence-corrected chi connectivity index (χ2v) is 10.9. The van der Waals surface area contributed by atoms with E-state index in [1.54, 1.807) is 23.1 Å². The van der Waals surface area contributed by atoms with E-state index in [1.165, 1.54) is 28.1 Å². The predicted molar refractivity (Wildman–Crippen MR) is 140 cm³/mol. The number of nitrogens with one attached hydrogen (secondary N) is 2. The number of benzene rings is 1. The summed E-state index contributed by atoms with van der Waals surface area (Å²) in [6.45, 7) is 0.688. The van der Waals surface area contributed by atoms with Gasteiger partial charge >= 0.3 is 0 Å². The number of fused-ring (bicyclic) bond motifs is 3. The molecule has 3 aromatic rings. The SMILES string of the molecule is CN(C)c1ccc(CCCNC(=O)CCSCc2nc3sc4c(c3c(=O)[nH]2)CCCC4)cc1. The number of aromatic amines is 1. The first-order chi connectivity index (χ1) is 16.0. The van der Waals surface area contributed by atoms with Crippen LogP contribution in [-0.4, -0.2) is 42.3 Å². The van der Waals surface area contributed by atoms with Crippen molar-refractivity contribution in [2.45, 2.75) is 50.7 Å². The number of aryl methyl sites for hydroxylation is 3. The van der Waals surface area contributed by atoms with E-state index in [-0.39, 0.29) is 11.5 Å². The lowest BCUT2D eigenvalue weighted by molar-refractivity contribution is -0.120. The third-order valence-corrected chi connectivity index (χ3v) is 8.16. The fraction of sp³-hybridized carbons (Fsp3) is 0.480. The lowest BCUT2D eigenvalue weighted by Gasteiger charge is -2.12. The van der Waals surface area contributed by atoms with Gasteiger partial charge in [0, 0.05) is 43.4 Å². The molecule has 4 rings (SSSR count). The Bertz CT molecular complexity index is 1150. The molecule has 0 saturated heterocycles. The van der Waals surface area contributed by atoms with Crippen molar-refractivity contribution in [3.63, 3.8) is 0 Å². The highest BCUT2D eigenvalue weighted by molar-refractivity contribution is 7.98. The number of hydrogen-bond donors (Lipinski definition) is 2. The largest absolute Gasteiger partial charge is 0.378 e. The summed E-state index contributed by atoms with van der Waals surface area (Å²) in [7, 11) is 4.07. The van der Waals surface area contributed by atoms with E-state index in [9.17, 15) is 9.59 Å². The summed E-state index contributed by atoms with van der Waals surface area (Å²) in [6, 6.07) is 8.54. The lowest BCUT2D eigenvalue weighted by Crippen LogP contribution is -2.25. The van der Waals surface area contributed by atoms with Gasteiger partial charge in [0.15, 0.2) is 0 Å². The molecule has 8 heteroatoms. The van der Waals surface area contributed by atoms with Gasteiger partial charge in [0.1, 0.15) is 10.7 Å². The second kappa shape index (κ2) is 11.2. The molecule has 0 spiro atoms. The minimum Gasteiger partial charge on any atom is -0.378 e. The molecule has 0 bridgehead atoms. The molecular formula is C25H32N4O2S2. The van der Waals surface area contributed by atoms with Crippen LogP contribution in [0, 0.1) is 0 Å². The topological polar surface area (TPSA) is 78.1 Å². The van der Waals surface area contributed by atoms with Gasteiger partial charge in [0.25, 0.3) is 5.56 Å². The summed E-state index contributed by atoms with van der Waals surface area (Å²) < 4.78 is 0. The minimum atomic E-state index is -0.0101. The van der Waals surface area contributed by atoms with Crippen molar-refractivity contribution in [3.05, 3.63) is 56.4 Å². The molecule has 0 atom stereocenters. The normalized spacial score (nSPS) is 13.2. The van der Waals surface area contributed by atoms with E-state index in [0.717, 1.165) is 42.3 Å². The molecule has 1 amide bonds. The van der Waals surface area contributed by atoms with Gasteiger partial charge < -0.3 is 15.2 Å². The van der Waals surface area contributed by atoms with Crippen LogP contribution in [0.1, 0.15) is 47.5 Å². The van der Waals surface area contributed by atoms with Crippen LogP contribution < -0.4 is 15.8 Å². The van der Waals surface area contributed by atoms with Crippen LogP contribution in [0.3, 0.4) is 0 Å². The first kappa shape index (κ1) is 23.8. The third kappa shape index (κ3) is 6.18. The van der Waals surface area contributed by atoms with E-state index in [4.69, 9.17) is 4.98 Å². The first-order valence-electron chi connectivity index (χ1n) is 11.7. The number of thiophene rings is 1. The molecule has 2 heterocycles. The highest BCUT2D eigenvalue weighted by Gasteiger charge is 2.19. The van der Waals surface area contributed by atoms with Crippen molar-refractivity contribution in [2.75, 3.05) is 31.3 Å². The average molecular weight is 485 g/mol. The predicted octanol–water partition coefficient (Wildman–Crippen LogP) is 4.30. The van der Waals surface area contributed by atoms with Crippen molar-refractivity contribution in [1.29, 1.82) is 0 Å². The van der Waals surface area contributed by atoms with Gasteiger partial charge in [-0.05, 0) is 61.8 Å². The fourth-order valence-corrected chi connectivity index (χ4v) is 6.27. The van der Waals surface area contributed by atoms with Crippen molar-refractivity contribution in [2.24, 2.45) is 0 Å². The van der Waals surface area contributed by atoms with Gasteiger partial charge in [-0.1, -0.05) is 12.1 Å². The Hall–Kier alpha value is -2.32. The van der Waals surface area contributed by atoms with Crippen LogP contribution in [-0.2, 0) is 29.8 Å². The van der Waals surface area contributed by atoms with E-state index in [2.05, 4.69) is 39.5 Å². The molecule has 0 radical (unpaired) electrons. The number of rotatable bonds is 10. The highest BCUT2D eigenvalue weighted by Crippen LogP contribution is 2.33. The Balaban J connectivity index is 1.16. The summed E-state index contributed by atoms with van der Waals surface area (Å²) in [5.41, 5.74) is 3.69. The Morgan fingerprint density at radius 3 is 2.79 bits per heavy atom. The van der Waals surface area contributed by atoms with Gasteiger partial charge in [-0.2, -0.15) is 11.8 Å². The van der Waals surface area contributed by atoms with Crippen LogP contribution in [0.25, 0.3) is 10.2 Å². The number of nitrogens with zero attached hydrogens (tertiary/aromatic N) is 2. The third-order valence-electron chi connectivity index (χ3n) is 6.00. The number of anilines is 1. The highest BCUT2D eigenvalue weighted by atomic mass is 32.2. The molecular weight excluding hydrogens is 452 g/mol. The molecule has 2 N–H and O–H groups in total. The summed E-state index contributed by atoms with van der Waals surface area (Å²) in [6.07, 6.45) is 6.77. The van der Waals surface area contributed by atoms with E-state index in [0.29, 0.717) is 30.3 Å². The summed E-state index contributed by atoms with van der Waals surface area (Å²) >= 11 is 3.31. The molecule has 0 aliphatic heterocycles. The molecule has 2 aromatic heterocycles.